The minimum absolute atomic E-state index is 0.0441. The maximum Gasteiger partial charge on any atom is 0.0922 e. The maximum absolute atomic E-state index is 6.37. The van der Waals surface area contributed by atoms with E-state index in [2.05, 4.69) is 70.7 Å². The van der Waals surface area contributed by atoms with Crippen LogP contribution in [0, 0.1) is 20.8 Å². The molecule has 0 saturated heterocycles. The molecule has 1 aromatic carbocycles. The van der Waals surface area contributed by atoms with Crippen molar-refractivity contribution in [1.29, 1.82) is 0 Å². The lowest BCUT2D eigenvalue weighted by Gasteiger charge is -2.25. The van der Waals surface area contributed by atoms with Crippen LogP contribution in [0.25, 0.3) is 0 Å². The average Bonchev–Trinajstić information content (AvgIpc) is 2.69. The SMILES string of the molecule is CCC(N)C(c1ccc(C)cc1)n1nc(C)c(Br)c1C. The predicted octanol–water partition coefficient (Wildman–Crippen LogP) is 3.90. The van der Waals surface area contributed by atoms with Crippen molar-refractivity contribution in [3.8, 4) is 0 Å². The summed E-state index contributed by atoms with van der Waals surface area (Å²) in [6, 6.07) is 8.68. The van der Waals surface area contributed by atoms with Crippen LogP contribution < -0.4 is 5.73 Å². The van der Waals surface area contributed by atoms with Crippen LogP contribution in [0.4, 0.5) is 0 Å². The second-order valence-electron chi connectivity index (χ2n) is 5.36. The highest BCUT2D eigenvalue weighted by molar-refractivity contribution is 9.10. The van der Waals surface area contributed by atoms with Gasteiger partial charge in [0.25, 0.3) is 0 Å². The standard InChI is InChI=1S/C16H22BrN3/c1-5-14(18)16(13-8-6-10(2)7-9-13)20-12(4)15(17)11(3)19-20/h6-9,14,16H,5,18H2,1-4H3. The number of benzene rings is 1. The van der Waals surface area contributed by atoms with Crippen molar-refractivity contribution >= 4 is 15.9 Å². The summed E-state index contributed by atoms with van der Waals surface area (Å²) in [5.74, 6) is 0. The van der Waals surface area contributed by atoms with Gasteiger partial charge in [-0.05, 0) is 48.7 Å². The van der Waals surface area contributed by atoms with E-state index in [1.165, 1.54) is 11.1 Å². The zero-order chi connectivity index (χ0) is 14.9. The molecule has 0 radical (unpaired) electrons. The lowest BCUT2D eigenvalue weighted by Crippen LogP contribution is -2.33. The Morgan fingerprint density at radius 3 is 2.25 bits per heavy atom. The molecule has 0 aliphatic heterocycles. The molecule has 20 heavy (non-hydrogen) atoms. The van der Waals surface area contributed by atoms with Crippen LogP contribution in [0.3, 0.4) is 0 Å². The minimum Gasteiger partial charge on any atom is -0.326 e. The molecule has 0 spiro atoms. The van der Waals surface area contributed by atoms with Gasteiger partial charge >= 0.3 is 0 Å². The molecule has 0 saturated carbocycles. The first kappa shape index (κ1) is 15.3. The van der Waals surface area contributed by atoms with Crippen molar-refractivity contribution in [3.63, 3.8) is 0 Å². The summed E-state index contributed by atoms with van der Waals surface area (Å²) in [6.07, 6.45) is 0.911. The van der Waals surface area contributed by atoms with Crippen molar-refractivity contribution in [1.82, 2.24) is 9.78 Å². The van der Waals surface area contributed by atoms with E-state index in [9.17, 15) is 0 Å². The highest BCUT2D eigenvalue weighted by atomic mass is 79.9. The molecule has 1 heterocycles. The number of hydrogen-bond acceptors (Lipinski definition) is 2. The first-order chi connectivity index (χ1) is 9.45. The molecule has 108 valence electrons. The molecule has 3 nitrogen and oxygen atoms in total. The molecule has 2 unspecified atom stereocenters. The van der Waals surface area contributed by atoms with Gasteiger partial charge in [-0.2, -0.15) is 5.10 Å². The molecule has 0 bridgehead atoms. The number of nitrogens with two attached hydrogens (primary N) is 1. The number of rotatable bonds is 4. The van der Waals surface area contributed by atoms with Crippen LogP contribution in [0.5, 0.6) is 0 Å². The normalized spacial score (nSPS) is 14.3. The lowest BCUT2D eigenvalue weighted by atomic mass is 9.97. The van der Waals surface area contributed by atoms with Crippen molar-refractivity contribution in [3.05, 3.63) is 51.3 Å². The molecule has 2 atom stereocenters. The minimum atomic E-state index is 0.0441. The Morgan fingerprint density at radius 1 is 1.20 bits per heavy atom. The van der Waals surface area contributed by atoms with Crippen molar-refractivity contribution in [2.75, 3.05) is 0 Å². The second kappa shape index (κ2) is 6.10. The van der Waals surface area contributed by atoms with Gasteiger partial charge in [-0.3, -0.25) is 4.68 Å². The monoisotopic (exact) mass is 335 g/mol. The van der Waals surface area contributed by atoms with Crippen molar-refractivity contribution in [2.45, 2.75) is 46.2 Å². The first-order valence-electron chi connectivity index (χ1n) is 6.99. The van der Waals surface area contributed by atoms with E-state index < -0.39 is 0 Å². The van der Waals surface area contributed by atoms with Crippen LogP contribution >= 0.6 is 15.9 Å². The number of aromatic nitrogens is 2. The Morgan fingerprint density at radius 2 is 1.80 bits per heavy atom. The summed E-state index contributed by atoms with van der Waals surface area (Å²) >= 11 is 3.60. The van der Waals surface area contributed by atoms with Crippen molar-refractivity contribution < 1.29 is 0 Å². The molecule has 4 heteroatoms. The molecular formula is C16H22BrN3. The third-order valence-corrected chi connectivity index (χ3v) is 4.94. The molecule has 0 aliphatic rings. The molecule has 0 aliphatic carbocycles. The topological polar surface area (TPSA) is 43.8 Å². The van der Waals surface area contributed by atoms with Gasteiger partial charge in [0.2, 0.25) is 0 Å². The Bertz CT molecular complexity index is 587. The van der Waals surface area contributed by atoms with Crippen LogP contribution in [-0.4, -0.2) is 15.8 Å². The summed E-state index contributed by atoms with van der Waals surface area (Å²) in [6.45, 7) is 8.30. The third kappa shape index (κ3) is 2.81. The molecule has 0 fully saturated rings. The summed E-state index contributed by atoms with van der Waals surface area (Å²) in [7, 11) is 0. The van der Waals surface area contributed by atoms with E-state index in [0.29, 0.717) is 0 Å². The Balaban J connectivity index is 2.52. The number of nitrogens with zero attached hydrogens (tertiary/aromatic N) is 2. The maximum atomic E-state index is 6.37. The van der Waals surface area contributed by atoms with Crippen LogP contribution in [0.2, 0.25) is 0 Å². The average molecular weight is 336 g/mol. The molecule has 2 rings (SSSR count). The van der Waals surface area contributed by atoms with Gasteiger partial charge in [0.15, 0.2) is 0 Å². The Labute approximate surface area is 129 Å². The largest absolute Gasteiger partial charge is 0.326 e. The Hall–Kier alpha value is -1.13. The van der Waals surface area contributed by atoms with Crippen LogP contribution in [0.15, 0.2) is 28.7 Å². The van der Waals surface area contributed by atoms with E-state index in [1.807, 2.05) is 6.92 Å². The van der Waals surface area contributed by atoms with Gasteiger partial charge in [-0.25, -0.2) is 0 Å². The fourth-order valence-corrected chi connectivity index (χ4v) is 2.73. The van der Waals surface area contributed by atoms with Gasteiger partial charge < -0.3 is 5.73 Å². The zero-order valence-corrected chi connectivity index (χ0v) is 14.1. The number of hydrogen-bond donors (Lipinski definition) is 1. The zero-order valence-electron chi connectivity index (χ0n) is 12.5. The van der Waals surface area contributed by atoms with Gasteiger partial charge in [-0.15, -0.1) is 0 Å². The highest BCUT2D eigenvalue weighted by Crippen LogP contribution is 2.29. The smallest absolute Gasteiger partial charge is 0.0922 e. The fourth-order valence-electron chi connectivity index (χ4n) is 2.47. The van der Waals surface area contributed by atoms with E-state index in [-0.39, 0.29) is 12.1 Å². The highest BCUT2D eigenvalue weighted by Gasteiger charge is 2.24. The lowest BCUT2D eigenvalue weighted by molar-refractivity contribution is 0.415. The fraction of sp³-hybridized carbons (Fsp3) is 0.438. The Kier molecular flexibility index (Phi) is 4.66. The van der Waals surface area contributed by atoms with Gasteiger partial charge in [0, 0.05) is 6.04 Å². The van der Waals surface area contributed by atoms with E-state index in [0.717, 1.165) is 22.3 Å². The number of aryl methyl sites for hydroxylation is 2. The van der Waals surface area contributed by atoms with Gasteiger partial charge in [0.05, 0.1) is 21.9 Å². The third-order valence-electron chi connectivity index (χ3n) is 3.80. The van der Waals surface area contributed by atoms with Crippen molar-refractivity contribution in [2.24, 2.45) is 5.73 Å². The van der Waals surface area contributed by atoms with E-state index >= 15 is 0 Å². The predicted molar refractivity (Wildman–Crippen MR) is 87.0 cm³/mol. The number of halogens is 1. The summed E-state index contributed by atoms with van der Waals surface area (Å²) in [4.78, 5) is 0. The molecule has 2 N–H and O–H groups in total. The second-order valence-corrected chi connectivity index (χ2v) is 6.15. The molecule has 0 amide bonds. The first-order valence-corrected chi connectivity index (χ1v) is 7.78. The van der Waals surface area contributed by atoms with E-state index in [1.54, 1.807) is 0 Å². The quantitative estimate of drug-likeness (QED) is 0.920. The van der Waals surface area contributed by atoms with Crippen LogP contribution in [0.1, 0.15) is 41.9 Å². The van der Waals surface area contributed by atoms with Crippen LogP contribution in [-0.2, 0) is 0 Å². The summed E-state index contributed by atoms with van der Waals surface area (Å²) < 4.78 is 3.12. The van der Waals surface area contributed by atoms with Gasteiger partial charge in [0.1, 0.15) is 0 Å². The summed E-state index contributed by atoms with van der Waals surface area (Å²) in [5.41, 5.74) is 11.0. The van der Waals surface area contributed by atoms with E-state index in [4.69, 9.17) is 5.73 Å². The summed E-state index contributed by atoms with van der Waals surface area (Å²) in [5, 5.41) is 4.67. The van der Waals surface area contributed by atoms with Gasteiger partial charge in [-0.1, -0.05) is 36.8 Å². The molecular weight excluding hydrogens is 314 g/mol. The molecule has 2 aromatic rings. The molecule has 1 aromatic heterocycles.